The number of hydrogen-bond donors (Lipinski definition) is 1. The molecule has 1 aliphatic rings. The summed E-state index contributed by atoms with van der Waals surface area (Å²) in [7, 11) is 0. The third-order valence-electron chi connectivity index (χ3n) is 4.12. The SMILES string of the molecule is C[C@@H](C(=O)Nc1cc(Cl)cc(Cl)c1)N1CCCc2ccccc21. The number of nitrogens with one attached hydrogen (secondary N) is 1. The van der Waals surface area contributed by atoms with Gasteiger partial charge in [-0.1, -0.05) is 41.4 Å². The number of halogens is 2. The van der Waals surface area contributed by atoms with Crippen molar-refractivity contribution in [1.82, 2.24) is 0 Å². The molecule has 3 nitrogen and oxygen atoms in total. The van der Waals surface area contributed by atoms with E-state index in [4.69, 9.17) is 23.2 Å². The average molecular weight is 349 g/mol. The van der Waals surface area contributed by atoms with E-state index in [1.54, 1.807) is 18.2 Å². The second-order valence-corrected chi connectivity index (χ2v) is 6.62. The van der Waals surface area contributed by atoms with Gasteiger partial charge < -0.3 is 10.2 Å². The van der Waals surface area contributed by atoms with Crippen LogP contribution in [0, 0.1) is 0 Å². The lowest BCUT2D eigenvalue weighted by molar-refractivity contribution is -0.117. The van der Waals surface area contributed by atoms with E-state index >= 15 is 0 Å². The molecule has 1 heterocycles. The van der Waals surface area contributed by atoms with E-state index in [1.807, 2.05) is 19.1 Å². The highest BCUT2D eigenvalue weighted by molar-refractivity contribution is 6.35. The van der Waals surface area contributed by atoms with Crippen LogP contribution in [0.1, 0.15) is 18.9 Å². The molecule has 0 spiro atoms. The van der Waals surface area contributed by atoms with Gasteiger partial charge >= 0.3 is 0 Å². The van der Waals surface area contributed by atoms with E-state index in [-0.39, 0.29) is 11.9 Å². The summed E-state index contributed by atoms with van der Waals surface area (Å²) in [6.45, 7) is 2.80. The molecular weight excluding hydrogens is 331 g/mol. The van der Waals surface area contributed by atoms with Gasteiger partial charge in [0.2, 0.25) is 5.91 Å². The van der Waals surface area contributed by atoms with Crippen molar-refractivity contribution in [3.05, 3.63) is 58.1 Å². The number of nitrogens with zero attached hydrogens (tertiary/aromatic N) is 1. The maximum absolute atomic E-state index is 12.6. The molecule has 2 aromatic carbocycles. The van der Waals surface area contributed by atoms with Crippen molar-refractivity contribution >= 4 is 40.5 Å². The summed E-state index contributed by atoms with van der Waals surface area (Å²) in [5.74, 6) is -0.0694. The van der Waals surface area contributed by atoms with Gasteiger partial charge in [-0.15, -0.1) is 0 Å². The molecule has 5 heteroatoms. The summed E-state index contributed by atoms with van der Waals surface area (Å²) in [5.41, 5.74) is 3.05. The zero-order valence-corrected chi connectivity index (χ0v) is 14.4. The van der Waals surface area contributed by atoms with E-state index in [2.05, 4.69) is 22.3 Å². The Hall–Kier alpha value is -1.71. The Labute approximate surface area is 146 Å². The molecule has 1 N–H and O–H groups in total. The monoisotopic (exact) mass is 348 g/mol. The molecular formula is C18H18Cl2N2O. The van der Waals surface area contributed by atoms with Crippen molar-refractivity contribution < 1.29 is 4.79 Å². The lowest BCUT2D eigenvalue weighted by Crippen LogP contribution is -2.44. The molecule has 1 atom stereocenters. The number of carbonyl (C=O) groups excluding carboxylic acids is 1. The summed E-state index contributed by atoms with van der Waals surface area (Å²) in [5, 5.41) is 3.91. The van der Waals surface area contributed by atoms with Gasteiger partial charge in [-0.2, -0.15) is 0 Å². The summed E-state index contributed by atoms with van der Waals surface area (Å²) >= 11 is 12.0. The molecule has 23 heavy (non-hydrogen) atoms. The number of aryl methyl sites for hydroxylation is 1. The van der Waals surface area contributed by atoms with Crippen LogP contribution in [0.4, 0.5) is 11.4 Å². The van der Waals surface area contributed by atoms with Crippen molar-refractivity contribution in [2.75, 3.05) is 16.8 Å². The zero-order valence-electron chi connectivity index (χ0n) is 12.9. The molecule has 0 fully saturated rings. The van der Waals surface area contributed by atoms with Crippen molar-refractivity contribution in [1.29, 1.82) is 0 Å². The average Bonchev–Trinajstić information content (AvgIpc) is 2.52. The minimum Gasteiger partial charge on any atom is -0.360 e. The third-order valence-corrected chi connectivity index (χ3v) is 4.56. The van der Waals surface area contributed by atoms with Crippen LogP contribution < -0.4 is 10.2 Å². The van der Waals surface area contributed by atoms with Gasteiger partial charge in [-0.3, -0.25) is 4.79 Å². The fraction of sp³-hybridized carbons (Fsp3) is 0.278. The standard InChI is InChI=1S/C18H18Cl2N2O/c1-12(18(23)21-16-10-14(19)9-15(20)11-16)22-8-4-6-13-5-2-3-7-17(13)22/h2-3,5,7,9-12H,4,6,8H2,1H3,(H,21,23)/t12-/m0/s1. The molecule has 0 aliphatic carbocycles. The van der Waals surface area contributed by atoms with Gasteiger partial charge in [0, 0.05) is 28.0 Å². The molecule has 2 aromatic rings. The number of anilines is 2. The van der Waals surface area contributed by atoms with E-state index in [0.29, 0.717) is 15.7 Å². The van der Waals surface area contributed by atoms with E-state index in [1.165, 1.54) is 5.56 Å². The molecule has 0 bridgehead atoms. The molecule has 1 amide bonds. The molecule has 3 rings (SSSR count). The van der Waals surface area contributed by atoms with Crippen LogP contribution in [0.2, 0.25) is 10.0 Å². The largest absolute Gasteiger partial charge is 0.360 e. The normalized spacial score (nSPS) is 15.0. The maximum atomic E-state index is 12.6. The van der Waals surface area contributed by atoms with Gasteiger partial charge in [0.25, 0.3) is 0 Å². The number of amides is 1. The Kier molecular flexibility index (Phi) is 4.79. The van der Waals surface area contributed by atoms with Crippen LogP contribution >= 0.6 is 23.2 Å². The first kappa shape index (κ1) is 16.2. The van der Waals surface area contributed by atoms with Crippen molar-refractivity contribution in [3.63, 3.8) is 0 Å². The Bertz CT molecular complexity index is 712. The van der Waals surface area contributed by atoms with Gasteiger partial charge in [-0.05, 0) is 49.6 Å². The highest BCUT2D eigenvalue weighted by Crippen LogP contribution is 2.29. The summed E-state index contributed by atoms with van der Waals surface area (Å²) in [6.07, 6.45) is 2.11. The third kappa shape index (κ3) is 3.62. The minimum absolute atomic E-state index is 0.0694. The van der Waals surface area contributed by atoms with Crippen LogP contribution in [0.25, 0.3) is 0 Å². The number of benzene rings is 2. The van der Waals surface area contributed by atoms with Crippen molar-refractivity contribution in [2.24, 2.45) is 0 Å². The van der Waals surface area contributed by atoms with Crippen LogP contribution in [-0.2, 0) is 11.2 Å². The van der Waals surface area contributed by atoms with Crippen LogP contribution in [0.15, 0.2) is 42.5 Å². The second kappa shape index (κ2) is 6.81. The zero-order chi connectivity index (χ0) is 16.4. The molecule has 120 valence electrons. The van der Waals surface area contributed by atoms with Gasteiger partial charge in [0.05, 0.1) is 0 Å². The van der Waals surface area contributed by atoms with E-state index in [9.17, 15) is 4.79 Å². The number of hydrogen-bond acceptors (Lipinski definition) is 2. The highest BCUT2D eigenvalue weighted by atomic mass is 35.5. The lowest BCUT2D eigenvalue weighted by atomic mass is 10.00. The number of rotatable bonds is 3. The smallest absolute Gasteiger partial charge is 0.246 e. The quantitative estimate of drug-likeness (QED) is 0.865. The second-order valence-electron chi connectivity index (χ2n) is 5.75. The predicted molar refractivity (Wildman–Crippen MR) is 96.7 cm³/mol. The summed E-state index contributed by atoms with van der Waals surface area (Å²) in [6, 6.07) is 13.0. The number of para-hydroxylation sites is 1. The lowest BCUT2D eigenvalue weighted by Gasteiger charge is -2.35. The predicted octanol–water partition coefficient (Wildman–Crippen LogP) is 4.77. The van der Waals surface area contributed by atoms with E-state index in [0.717, 1.165) is 25.1 Å². The molecule has 0 saturated heterocycles. The number of fused-ring (bicyclic) bond motifs is 1. The van der Waals surface area contributed by atoms with Crippen molar-refractivity contribution in [3.8, 4) is 0 Å². The van der Waals surface area contributed by atoms with Crippen LogP contribution in [0.3, 0.4) is 0 Å². The fourth-order valence-electron chi connectivity index (χ4n) is 2.98. The molecule has 1 aliphatic heterocycles. The van der Waals surface area contributed by atoms with E-state index < -0.39 is 0 Å². The van der Waals surface area contributed by atoms with Gasteiger partial charge in [-0.25, -0.2) is 0 Å². The summed E-state index contributed by atoms with van der Waals surface area (Å²) in [4.78, 5) is 14.8. The van der Waals surface area contributed by atoms with Gasteiger partial charge in [0.15, 0.2) is 0 Å². The molecule has 0 radical (unpaired) electrons. The Morgan fingerprint density at radius 2 is 1.87 bits per heavy atom. The first-order chi connectivity index (χ1) is 11.0. The van der Waals surface area contributed by atoms with Crippen molar-refractivity contribution in [2.45, 2.75) is 25.8 Å². The summed E-state index contributed by atoms with van der Waals surface area (Å²) < 4.78 is 0. The highest BCUT2D eigenvalue weighted by Gasteiger charge is 2.25. The molecule has 0 saturated carbocycles. The Morgan fingerprint density at radius 3 is 2.61 bits per heavy atom. The topological polar surface area (TPSA) is 32.3 Å². The fourth-order valence-corrected chi connectivity index (χ4v) is 3.51. The maximum Gasteiger partial charge on any atom is 0.246 e. The van der Waals surface area contributed by atoms with Crippen LogP contribution in [-0.4, -0.2) is 18.5 Å². The number of carbonyl (C=O) groups is 1. The Morgan fingerprint density at radius 1 is 1.17 bits per heavy atom. The first-order valence-electron chi connectivity index (χ1n) is 7.66. The Balaban J connectivity index is 1.78. The minimum atomic E-state index is -0.269. The first-order valence-corrected chi connectivity index (χ1v) is 8.42. The van der Waals surface area contributed by atoms with Gasteiger partial charge in [0.1, 0.15) is 6.04 Å². The molecule has 0 aromatic heterocycles. The molecule has 0 unspecified atom stereocenters. The van der Waals surface area contributed by atoms with Crippen LogP contribution in [0.5, 0.6) is 0 Å².